The molecule has 1 atom stereocenters. The molecule has 2 aromatic carbocycles. The summed E-state index contributed by atoms with van der Waals surface area (Å²) >= 11 is 0. The highest BCUT2D eigenvalue weighted by atomic mass is 16.3. The minimum absolute atomic E-state index is 0.0747. The van der Waals surface area contributed by atoms with E-state index in [9.17, 15) is 5.11 Å². The van der Waals surface area contributed by atoms with Crippen molar-refractivity contribution >= 4 is 17.0 Å². The van der Waals surface area contributed by atoms with E-state index in [0.29, 0.717) is 11.3 Å². The molecule has 0 saturated heterocycles. The number of pyridine rings is 1. The van der Waals surface area contributed by atoms with Crippen LogP contribution in [-0.4, -0.2) is 25.9 Å². The van der Waals surface area contributed by atoms with E-state index >= 15 is 0 Å². The second kappa shape index (κ2) is 13.4. The van der Waals surface area contributed by atoms with Gasteiger partial charge in [-0.15, -0.1) is 5.11 Å². The smallest absolute Gasteiger partial charge is 0.178 e. The highest BCUT2D eigenvalue weighted by Gasteiger charge is 2.30. The first-order valence-electron chi connectivity index (χ1n) is 14.1. The number of aromatic amines is 1. The van der Waals surface area contributed by atoms with Crippen LogP contribution < -0.4 is 5.84 Å². The fourth-order valence-corrected chi connectivity index (χ4v) is 4.62. The number of rotatable bonds is 8. The predicted octanol–water partition coefficient (Wildman–Crippen LogP) is 7.21. The van der Waals surface area contributed by atoms with Crippen molar-refractivity contribution in [1.82, 2.24) is 15.0 Å². The van der Waals surface area contributed by atoms with Crippen LogP contribution in [0.1, 0.15) is 81.7 Å². The van der Waals surface area contributed by atoms with Gasteiger partial charge < -0.3 is 15.9 Å². The number of benzene rings is 2. The van der Waals surface area contributed by atoms with Crippen LogP contribution >= 0.6 is 0 Å². The molecule has 5 N–H and O–H groups in total. The first-order chi connectivity index (χ1) is 19.1. The number of hydrogen-bond acceptors (Lipinski definition) is 5. The molecule has 0 spiro atoms. The standard InChI is InChI=1S/C17H20N4.C15H23N3O/c1-3-12-9-10-14(11-13(12)4-2)15-7-5-6-8-16(15)17(18)20-21-19;1-6-7-12-17-13-10(4)8-11(16-14(13)18-12)15(5,19)9(2)3/h5-11H,3-4H2,1-2H3,(H3,18,19,20);8-9,19H,6-7H2,1-5H3,(H,16,17,18). The van der Waals surface area contributed by atoms with Gasteiger partial charge in [0.05, 0.1) is 11.2 Å². The number of aromatic nitrogens is 3. The van der Waals surface area contributed by atoms with E-state index in [-0.39, 0.29) is 11.8 Å². The van der Waals surface area contributed by atoms with E-state index in [1.807, 2.05) is 58.0 Å². The normalized spacial score (nSPS) is 12.9. The molecule has 0 aliphatic rings. The number of nitrogens with zero attached hydrogens (tertiary/aromatic N) is 4. The second-order valence-corrected chi connectivity index (χ2v) is 10.6. The fraction of sp³-hybridized carbons (Fsp3) is 0.406. The topological polar surface area (TPSA) is 136 Å². The number of fused-ring (bicyclic) bond motifs is 1. The SMILES string of the molecule is CCCc1nc2nc(C(C)(O)C(C)C)cc(C)c2[nH]1.CCc1ccc(-c2ccccc2C(=N)N=NN)cc1CC. The summed E-state index contributed by atoms with van der Waals surface area (Å²) in [5.41, 5.74) is 8.06. The van der Waals surface area contributed by atoms with E-state index in [1.54, 1.807) is 0 Å². The molecule has 40 heavy (non-hydrogen) atoms. The van der Waals surface area contributed by atoms with Gasteiger partial charge in [-0.05, 0) is 72.9 Å². The molecule has 0 fully saturated rings. The largest absolute Gasteiger partial charge is 0.384 e. The molecule has 4 aromatic rings. The molecule has 8 nitrogen and oxygen atoms in total. The van der Waals surface area contributed by atoms with Crippen molar-refractivity contribution in [1.29, 1.82) is 5.41 Å². The van der Waals surface area contributed by atoms with Crippen LogP contribution in [0.3, 0.4) is 0 Å². The second-order valence-electron chi connectivity index (χ2n) is 10.6. The zero-order chi connectivity index (χ0) is 29.4. The molecular weight excluding hydrogens is 498 g/mol. The number of nitrogens with one attached hydrogen (secondary N) is 2. The Balaban J connectivity index is 0.000000222. The molecule has 2 heterocycles. The molecule has 2 aromatic heterocycles. The number of H-pyrrole nitrogens is 1. The maximum Gasteiger partial charge on any atom is 0.178 e. The van der Waals surface area contributed by atoms with Gasteiger partial charge in [-0.25, -0.2) is 9.97 Å². The van der Waals surface area contributed by atoms with Gasteiger partial charge in [-0.3, -0.25) is 5.41 Å². The quantitative estimate of drug-likeness (QED) is 0.0615. The molecule has 0 radical (unpaired) electrons. The van der Waals surface area contributed by atoms with Gasteiger partial charge in [0.1, 0.15) is 11.4 Å². The molecule has 4 rings (SSSR count). The average molecular weight is 542 g/mol. The van der Waals surface area contributed by atoms with Crippen molar-refractivity contribution in [3.8, 4) is 11.1 Å². The van der Waals surface area contributed by atoms with Crippen LogP contribution in [0, 0.1) is 18.3 Å². The van der Waals surface area contributed by atoms with E-state index in [4.69, 9.17) is 11.3 Å². The lowest BCUT2D eigenvalue weighted by atomic mass is 9.88. The van der Waals surface area contributed by atoms with Gasteiger partial charge in [-0.2, -0.15) is 0 Å². The number of amidine groups is 1. The van der Waals surface area contributed by atoms with Gasteiger partial charge in [0.15, 0.2) is 11.5 Å². The van der Waals surface area contributed by atoms with Crippen LogP contribution in [0.5, 0.6) is 0 Å². The monoisotopic (exact) mass is 541 g/mol. The number of aliphatic hydroxyl groups is 1. The van der Waals surface area contributed by atoms with Crippen molar-refractivity contribution in [2.45, 2.75) is 79.8 Å². The lowest BCUT2D eigenvalue weighted by Gasteiger charge is -2.27. The summed E-state index contributed by atoms with van der Waals surface area (Å²) in [4.78, 5) is 12.4. The summed E-state index contributed by atoms with van der Waals surface area (Å²) in [6, 6.07) is 16.1. The van der Waals surface area contributed by atoms with E-state index < -0.39 is 5.60 Å². The van der Waals surface area contributed by atoms with Crippen molar-refractivity contribution < 1.29 is 5.11 Å². The van der Waals surface area contributed by atoms with E-state index in [0.717, 1.165) is 59.3 Å². The van der Waals surface area contributed by atoms with Crippen molar-refractivity contribution in [2.24, 2.45) is 22.1 Å². The number of nitrogens with two attached hydrogens (primary N) is 1. The molecule has 0 saturated carbocycles. The third-order valence-electron chi connectivity index (χ3n) is 7.46. The number of imidazole rings is 1. The third kappa shape index (κ3) is 6.80. The zero-order valence-electron chi connectivity index (χ0n) is 24.8. The van der Waals surface area contributed by atoms with Crippen LogP contribution in [0.15, 0.2) is 58.9 Å². The van der Waals surface area contributed by atoms with Crippen LogP contribution in [0.2, 0.25) is 0 Å². The summed E-state index contributed by atoms with van der Waals surface area (Å²) in [5, 5.41) is 25.4. The molecule has 212 valence electrons. The Morgan fingerprint density at radius 2 is 1.75 bits per heavy atom. The Labute approximate surface area is 237 Å². The summed E-state index contributed by atoms with van der Waals surface area (Å²) in [6.45, 7) is 14.3. The highest BCUT2D eigenvalue weighted by molar-refractivity contribution is 6.02. The minimum Gasteiger partial charge on any atom is -0.384 e. The molecule has 0 amide bonds. The van der Waals surface area contributed by atoms with Crippen molar-refractivity contribution in [3.63, 3.8) is 0 Å². The third-order valence-corrected chi connectivity index (χ3v) is 7.46. The Morgan fingerprint density at radius 1 is 1.05 bits per heavy atom. The summed E-state index contributed by atoms with van der Waals surface area (Å²) < 4.78 is 0. The number of hydrogen-bond donors (Lipinski definition) is 4. The van der Waals surface area contributed by atoms with Crippen LogP contribution in [0.4, 0.5) is 0 Å². The van der Waals surface area contributed by atoms with Gasteiger partial charge in [0.25, 0.3) is 0 Å². The fourth-order valence-electron chi connectivity index (χ4n) is 4.62. The van der Waals surface area contributed by atoms with Gasteiger partial charge >= 0.3 is 0 Å². The minimum atomic E-state index is -0.928. The first-order valence-corrected chi connectivity index (χ1v) is 14.1. The Bertz CT molecular complexity index is 1480. The molecule has 8 heteroatoms. The van der Waals surface area contributed by atoms with Crippen LogP contribution in [0.25, 0.3) is 22.3 Å². The first kappa shape index (κ1) is 30.6. The lowest BCUT2D eigenvalue weighted by Crippen LogP contribution is -2.29. The summed E-state index contributed by atoms with van der Waals surface area (Å²) in [6.07, 6.45) is 4.00. The Hall–Kier alpha value is -3.91. The van der Waals surface area contributed by atoms with E-state index in [1.165, 1.54) is 11.1 Å². The molecule has 0 aliphatic carbocycles. The maximum atomic E-state index is 10.6. The molecular formula is C32H43N7O. The molecule has 1 unspecified atom stereocenters. The molecule has 0 bridgehead atoms. The van der Waals surface area contributed by atoms with Gasteiger partial charge in [0, 0.05) is 12.0 Å². The average Bonchev–Trinajstić information content (AvgIpc) is 3.36. The number of aryl methyl sites for hydroxylation is 4. The van der Waals surface area contributed by atoms with Gasteiger partial charge in [0.2, 0.25) is 0 Å². The van der Waals surface area contributed by atoms with E-state index in [2.05, 4.69) is 64.3 Å². The lowest BCUT2D eigenvalue weighted by molar-refractivity contribution is 0.00509. The summed E-state index contributed by atoms with van der Waals surface area (Å²) in [5.74, 6) is 6.20. The van der Waals surface area contributed by atoms with Crippen LogP contribution in [-0.2, 0) is 24.9 Å². The van der Waals surface area contributed by atoms with Gasteiger partial charge in [-0.1, -0.05) is 82.3 Å². The van der Waals surface area contributed by atoms with Crippen molar-refractivity contribution in [2.75, 3.05) is 0 Å². The zero-order valence-corrected chi connectivity index (χ0v) is 24.8. The van der Waals surface area contributed by atoms with Crippen molar-refractivity contribution in [3.05, 3.63) is 82.3 Å². The Kier molecular flexibility index (Phi) is 10.3. The summed E-state index contributed by atoms with van der Waals surface area (Å²) in [7, 11) is 0. The molecule has 0 aliphatic heterocycles. The Morgan fingerprint density at radius 3 is 2.38 bits per heavy atom. The maximum absolute atomic E-state index is 10.6. The predicted molar refractivity (Wildman–Crippen MR) is 164 cm³/mol. The highest BCUT2D eigenvalue weighted by Crippen LogP contribution is 2.30.